The molecular formula is C27H29F3O. The second kappa shape index (κ2) is 10.0. The topological polar surface area (TPSA) is 9.23 Å². The first kappa shape index (κ1) is 22.9. The molecule has 0 heterocycles. The number of ether oxygens (including phenoxy) is 1. The molecule has 0 atom stereocenters. The molecular weight excluding hydrogens is 397 g/mol. The molecule has 0 N–H and O–H groups in total. The van der Waals surface area contributed by atoms with Crippen LogP contribution in [0.4, 0.5) is 13.2 Å². The van der Waals surface area contributed by atoms with E-state index in [0.717, 1.165) is 31.2 Å². The molecule has 0 amide bonds. The third-order valence-electron chi connectivity index (χ3n) is 5.89. The van der Waals surface area contributed by atoms with E-state index in [1.807, 2.05) is 19.1 Å². The van der Waals surface area contributed by atoms with Crippen molar-refractivity contribution < 1.29 is 17.9 Å². The van der Waals surface area contributed by atoms with Crippen LogP contribution >= 0.6 is 0 Å². The summed E-state index contributed by atoms with van der Waals surface area (Å²) in [7, 11) is 0. The zero-order valence-corrected chi connectivity index (χ0v) is 18.2. The van der Waals surface area contributed by atoms with E-state index >= 15 is 0 Å². The average Bonchev–Trinajstić information content (AvgIpc) is 2.74. The maximum atomic E-state index is 14.9. The second-order valence-electron chi connectivity index (χ2n) is 8.49. The van der Waals surface area contributed by atoms with Crippen LogP contribution in [0.15, 0.2) is 72.8 Å². The lowest BCUT2D eigenvalue weighted by atomic mass is 9.78. The van der Waals surface area contributed by atoms with Crippen LogP contribution in [0, 0.1) is 24.5 Å². The molecule has 2 aromatic rings. The van der Waals surface area contributed by atoms with Crippen molar-refractivity contribution in [1.29, 1.82) is 0 Å². The van der Waals surface area contributed by atoms with Crippen LogP contribution in [-0.2, 0) is 4.74 Å². The van der Waals surface area contributed by atoms with Gasteiger partial charge in [0.2, 0.25) is 0 Å². The molecule has 1 fully saturated rings. The predicted octanol–water partition coefficient (Wildman–Crippen LogP) is 8.17. The highest BCUT2D eigenvalue weighted by Crippen LogP contribution is 2.39. The van der Waals surface area contributed by atoms with E-state index in [-0.39, 0.29) is 23.2 Å². The minimum Gasteiger partial charge on any atom is -0.491 e. The second-order valence-corrected chi connectivity index (χ2v) is 8.49. The third kappa shape index (κ3) is 5.69. The number of allylic oxidation sites excluding steroid dienone is 3. The molecule has 1 aliphatic rings. The van der Waals surface area contributed by atoms with Crippen LogP contribution in [0.3, 0.4) is 0 Å². The lowest BCUT2D eigenvalue weighted by molar-refractivity contribution is 0.137. The summed E-state index contributed by atoms with van der Waals surface area (Å²) in [6.45, 7) is 11.3. The predicted molar refractivity (Wildman–Crippen MR) is 120 cm³/mol. The highest BCUT2D eigenvalue weighted by Gasteiger charge is 2.27. The number of halogens is 3. The Kier molecular flexibility index (Phi) is 7.42. The molecule has 0 aliphatic heterocycles. The molecule has 0 radical (unpaired) electrons. The summed E-state index contributed by atoms with van der Waals surface area (Å²) >= 11 is 0. The largest absolute Gasteiger partial charge is 0.491 e. The summed E-state index contributed by atoms with van der Waals surface area (Å²) in [5.74, 6) is -1.84. The monoisotopic (exact) mass is 426 g/mol. The van der Waals surface area contributed by atoms with Gasteiger partial charge < -0.3 is 4.74 Å². The van der Waals surface area contributed by atoms with E-state index in [1.165, 1.54) is 6.08 Å². The molecule has 164 valence electrons. The van der Waals surface area contributed by atoms with Gasteiger partial charge in [0.1, 0.15) is 5.76 Å². The molecule has 1 nitrogen and oxygen atoms in total. The van der Waals surface area contributed by atoms with Crippen LogP contribution < -0.4 is 0 Å². The molecule has 1 saturated carbocycles. The van der Waals surface area contributed by atoms with Crippen molar-refractivity contribution in [2.45, 2.75) is 45.4 Å². The Balaban J connectivity index is 1.61. The van der Waals surface area contributed by atoms with Crippen molar-refractivity contribution in [2.24, 2.45) is 5.92 Å². The van der Waals surface area contributed by atoms with E-state index in [0.29, 0.717) is 23.3 Å². The Labute approximate surface area is 182 Å². The Hall–Kier alpha value is -2.75. The molecule has 0 bridgehead atoms. The quantitative estimate of drug-likeness (QED) is 0.320. The summed E-state index contributed by atoms with van der Waals surface area (Å²) < 4.78 is 49.0. The lowest BCUT2D eigenvalue weighted by Gasteiger charge is -2.29. The van der Waals surface area contributed by atoms with Gasteiger partial charge in [0.05, 0.1) is 6.61 Å². The Morgan fingerprint density at radius 1 is 1.00 bits per heavy atom. The number of hydrogen-bond donors (Lipinski definition) is 0. The maximum Gasteiger partial charge on any atom is 0.166 e. The first-order valence-corrected chi connectivity index (χ1v) is 10.7. The number of benzene rings is 2. The molecule has 0 saturated heterocycles. The van der Waals surface area contributed by atoms with Gasteiger partial charge in [0.15, 0.2) is 17.5 Å². The summed E-state index contributed by atoms with van der Waals surface area (Å²) in [4.78, 5) is 0. The van der Waals surface area contributed by atoms with Crippen molar-refractivity contribution in [3.8, 4) is 11.1 Å². The van der Waals surface area contributed by atoms with E-state index in [1.54, 1.807) is 31.2 Å². The zero-order chi connectivity index (χ0) is 22.5. The Morgan fingerprint density at radius 3 is 2.26 bits per heavy atom. The fourth-order valence-corrected chi connectivity index (χ4v) is 4.06. The van der Waals surface area contributed by atoms with Gasteiger partial charge in [-0.3, -0.25) is 0 Å². The van der Waals surface area contributed by atoms with E-state index in [2.05, 4.69) is 13.2 Å². The molecule has 4 heteroatoms. The van der Waals surface area contributed by atoms with Gasteiger partial charge in [0, 0.05) is 5.56 Å². The molecule has 31 heavy (non-hydrogen) atoms. The van der Waals surface area contributed by atoms with Gasteiger partial charge in [-0.1, -0.05) is 60.7 Å². The summed E-state index contributed by atoms with van der Waals surface area (Å²) in [5.41, 5.74) is 3.05. The van der Waals surface area contributed by atoms with Crippen molar-refractivity contribution in [2.75, 3.05) is 6.61 Å². The Morgan fingerprint density at radius 2 is 1.65 bits per heavy atom. The van der Waals surface area contributed by atoms with Crippen molar-refractivity contribution in [1.82, 2.24) is 0 Å². The highest BCUT2D eigenvalue weighted by molar-refractivity contribution is 5.65. The maximum absolute atomic E-state index is 14.9. The van der Waals surface area contributed by atoms with E-state index in [9.17, 15) is 13.2 Å². The van der Waals surface area contributed by atoms with Gasteiger partial charge >= 0.3 is 0 Å². The van der Waals surface area contributed by atoms with Crippen LogP contribution in [0.5, 0.6) is 0 Å². The SMILES string of the molecule is C=C(C)/C=C(/F)C(=C)OCC1CCC(c2ccc(-c3ccc(C)cc3)c(F)c2F)CC1. The lowest BCUT2D eigenvalue weighted by Crippen LogP contribution is -2.18. The van der Waals surface area contributed by atoms with Crippen LogP contribution in [-0.4, -0.2) is 6.61 Å². The summed E-state index contributed by atoms with van der Waals surface area (Å²) in [5, 5.41) is 0. The summed E-state index contributed by atoms with van der Waals surface area (Å²) in [6, 6.07) is 10.8. The van der Waals surface area contributed by atoms with Crippen molar-refractivity contribution in [3.05, 3.63) is 95.6 Å². The number of hydrogen-bond acceptors (Lipinski definition) is 1. The van der Waals surface area contributed by atoms with Gasteiger partial charge in [-0.2, -0.15) is 0 Å². The average molecular weight is 427 g/mol. The molecule has 2 aromatic carbocycles. The highest BCUT2D eigenvalue weighted by atomic mass is 19.2. The molecule has 0 unspecified atom stereocenters. The molecule has 3 rings (SSSR count). The van der Waals surface area contributed by atoms with E-state index < -0.39 is 17.5 Å². The van der Waals surface area contributed by atoms with Gasteiger partial charge in [-0.25, -0.2) is 13.2 Å². The smallest absolute Gasteiger partial charge is 0.166 e. The first-order chi connectivity index (χ1) is 14.8. The van der Waals surface area contributed by atoms with Crippen LogP contribution in [0.2, 0.25) is 0 Å². The zero-order valence-electron chi connectivity index (χ0n) is 18.2. The van der Waals surface area contributed by atoms with Gasteiger partial charge in [-0.15, -0.1) is 0 Å². The minimum atomic E-state index is -0.789. The fraction of sp³-hybridized carbons (Fsp3) is 0.333. The van der Waals surface area contributed by atoms with Crippen molar-refractivity contribution in [3.63, 3.8) is 0 Å². The van der Waals surface area contributed by atoms with Crippen LogP contribution in [0.25, 0.3) is 11.1 Å². The van der Waals surface area contributed by atoms with Gasteiger partial charge in [0.25, 0.3) is 0 Å². The van der Waals surface area contributed by atoms with Crippen molar-refractivity contribution >= 4 is 0 Å². The molecule has 0 spiro atoms. The Bertz CT molecular complexity index is 980. The normalized spacial score (nSPS) is 19.2. The van der Waals surface area contributed by atoms with E-state index in [4.69, 9.17) is 4.74 Å². The fourth-order valence-electron chi connectivity index (χ4n) is 4.06. The standard InChI is InChI=1S/C27H29F3O/c1-17(2)15-25(28)19(4)31-16-20-7-11-22(12-8-20)24-14-13-23(26(29)27(24)30)21-9-5-18(3)6-10-21/h5-6,9-10,13-15,20,22H,1,4,7-8,11-12,16H2,2-3H3/b25-15+. The number of rotatable bonds is 7. The minimum absolute atomic E-state index is 0.00457. The van der Waals surface area contributed by atoms with Crippen LogP contribution in [0.1, 0.15) is 49.7 Å². The third-order valence-corrected chi connectivity index (χ3v) is 5.89. The molecule has 1 aliphatic carbocycles. The first-order valence-electron chi connectivity index (χ1n) is 10.7. The summed E-state index contributed by atoms with van der Waals surface area (Å²) in [6.07, 6.45) is 4.39. The molecule has 0 aromatic heterocycles. The van der Waals surface area contributed by atoms with Gasteiger partial charge in [-0.05, 0) is 68.6 Å². The number of aryl methyl sites for hydroxylation is 1.